The number of aromatic nitrogens is 1. The second-order valence-electron chi connectivity index (χ2n) is 8.42. The normalized spacial score (nSPS) is 15.4. The van der Waals surface area contributed by atoms with Crippen molar-refractivity contribution < 1.29 is 27.5 Å². The number of hydrogen-bond donors (Lipinski definition) is 1. The number of ketones is 1. The number of ether oxygens (including phenoxy) is 1. The fraction of sp³-hybridized carbons (Fsp3) is 0.435. The monoisotopic (exact) mass is 475 g/mol. The molecule has 0 radical (unpaired) electrons. The van der Waals surface area contributed by atoms with E-state index in [9.17, 15) is 22.8 Å². The Morgan fingerprint density at radius 1 is 1.03 bits per heavy atom. The first-order chi connectivity index (χ1) is 15.5. The van der Waals surface area contributed by atoms with Gasteiger partial charge in [0.2, 0.25) is 21.7 Å². The number of aryl methyl sites for hydroxylation is 1. The van der Waals surface area contributed by atoms with E-state index in [4.69, 9.17) is 4.74 Å². The van der Waals surface area contributed by atoms with Crippen LogP contribution in [0.5, 0.6) is 0 Å². The zero-order valence-corrected chi connectivity index (χ0v) is 20.0. The molecule has 0 bridgehead atoms. The van der Waals surface area contributed by atoms with Crippen LogP contribution in [-0.4, -0.2) is 54.1 Å². The second-order valence-corrected chi connectivity index (χ2v) is 10.4. The summed E-state index contributed by atoms with van der Waals surface area (Å²) in [4.78, 5) is 37.2. The van der Waals surface area contributed by atoms with Crippen molar-refractivity contribution >= 4 is 33.4 Å². The molecule has 0 aliphatic carbocycles. The van der Waals surface area contributed by atoms with E-state index in [2.05, 4.69) is 5.32 Å². The Morgan fingerprint density at radius 2 is 1.64 bits per heavy atom. The molecule has 1 aliphatic rings. The molecule has 1 aromatic carbocycles. The van der Waals surface area contributed by atoms with Crippen LogP contribution < -0.4 is 5.32 Å². The highest BCUT2D eigenvalue weighted by atomic mass is 32.2. The molecule has 2 aromatic rings. The van der Waals surface area contributed by atoms with Crippen molar-refractivity contribution in [3.05, 3.63) is 47.8 Å². The average Bonchev–Trinajstić information content (AvgIpc) is 3.44. The van der Waals surface area contributed by atoms with Crippen LogP contribution in [-0.2, 0) is 26.6 Å². The summed E-state index contributed by atoms with van der Waals surface area (Å²) in [5, 5.41) is 2.74. The first-order valence-electron chi connectivity index (χ1n) is 10.8. The van der Waals surface area contributed by atoms with Crippen LogP contribution >= 0.6 is 0 Å². The van der Waals surface area contributed by atoms with Crippen LogP contribution in [0.4, 0.5) is 5.69 Å². The summed E-state index contributed by atoms with van der Waals surface area (Å²) in [6.07, 6.45) is 1.92. The number of hydrogen-bond acceptors (Lipinski definition) is 6. The molecular formula is C23H29N3O6S. The van der Waals surface area contributed by atoms with Crippen LogP contribution in [0.2, 0.25) is 0 Å². The number of Topliss-reactive ketones (excluding diaryl/α,β-unsaturated/α-hetero) is 1. The molecule has 1 saturated heterocycles. The van der Waals surface area contributed by atoms with Gasteiger partial charge in [0.05, 0.1) is 0 Å². The van der Waals surface area contributed by atoms with Crippen molar-refractivity contribution in [1.29, 1.82) is 0 Å². The van der Waals surface area contributed by atoms with E-state index in [-0.39, 0.29) is 22.4 Å². The molecule has 1 N–H and O–H groups in total. The van der Waals surface area contributed by atoms with Gasteiger partial charge in [-0.15, -0.1) is 0 Å². The zero-order valence-electron chi connectivity index (χ0n) is 19.2. The summed E-state index contributed by atoms with van der Waals surface area (Å²) < 4.78 is 33.6. The summed E-state index contributed by atoms with van der Waals surface area (Å²) in [5.74, 6) is -1.51. The minimum absolute atomic E-state index is 0.0249. The minimum Gasteiger partial charge on any atom is -0.450 e. The topological polar surface area (TPSA) is 115 Å². The molecular weight excluding hydrogens is 446 g/mol. The summed E-state index contributed by atoms with van der Waals surface area (Å²) in [5.41, 5.74) is 0.923. The Balaban J connectivity index is 1.67. The van der Waals surface area contributed by atoms with E-state index in [0.29, 0.717) is 24.3 Å². The number of nitrogens with one attached hydrogen (secondary N) is 1. The molecule has 33 heavy (non-hydrogen) atoms. The SMILES string of the molecule is CC(C)C(=O)Nc1ccc(C(=O)C(C)OC(=O)c2cc(S(=O)(=O)N3CCCC3)cn2C)cc1. The van der Waals surface area contributed by atoms with Crippen LogP contribution in [0.1, 0.15) is 54.5 Å². The Bertz CT molecular complexity index is 1150. The van der Waals surface area contributed by atoms with Gasteiger partial charge in [-0.25, -0.2) is 13.2 Å². The third kappa shape index (κ3) is 5.51. The number of rotatable bonds is 8. The maximum atomic E-state index is 12.7. The third-order valence-electron chi connectivity index (χ3n) is 5.51. The zero-order chi connectivity index (χ0) is 24.3. The Kier molecular flexibility index (Phi) is 7.38. The van der Waals surface area contributed by atoms with E-state index in [1.165, 1.54) is 28.1 Å². The van der Waals surface area contributed by atoms with Gasteiger partial charge in [0.15, 0.2) is 6.10 Å². The first-order valence-corrected chi connectivity index (χ1v) is 12.3. The molecule has 1 atom stereocenters. The highest BCUT2D eigenvalue weighted by molar-refractivity contribution is 7.89. The molecule has 9 nitrogen and oxygen atoms in total. The van der Waals surface area contributed by atoms with Crippen molar-refractivity contribution in [2.24, 2.45) is 13.0 Å². The molecule has 10 heteroatoms. The van der Waals surface area contributed by atoms with Gasteiger partial charge in [-0.3, -0.25) is 9.59 Å². The summed E-state index contributed by atoms with van der Waals surface area (Å²) in [6.45, 7) is 5.94. The van der Waals surface area contributed by atoms with Gasteiger partial charge in [-0.2, -0.15) is 4.31 Å². The number of nitrogens with zero attached hydrogens (tertiary/aromatic N) is 2. The Labute approximate surface area is 193 Å². The Hall–Kier alpha value is -2.98. The lowest BCUT2D eigenvalue weighted by Crippen LogP contribution is -2.27. The standard InChI is InChI=1S/C23H29N3O6S/c1-15(2)22(28)24-18-9-7-17(8-10-18)21(27)16(3)32-23(29)20-13-19(14-25(20)4)33(30,31)26-11-5-6-12-26/h7-10,13-16H,5-6,11-12H2,1-4H3,(H,24,28). The lowest BCUT2D eigenvalue weighted by Gasteiger charge is -2.14. The molecule has 1 amide bonds. The van der Waals surface area contributed by atoms with Gasteiger partial charge in [0, 0.05) is 43.5 Å². The number of carbonyl (C=O) groups is 3. The molecule has 1 fully saturated rings. The van der Waals surface area contributed by atoms with Crippen molar-refractivity contribution in [2.45, 2.75) is 44.6 Å². The second kappa shape index (κ2) is 9.88. The summed E-state index contributed by atoms with van der Waals surface area (Å²) in [6, 6.07) is 7.58. The highest BCUT2D eigenvalue weighted by Gasteiger charge is 2.30. The van der Waals surface area contributed by atoms with E-state index >= 15 is 0 Å². The van der Waals surface area contributed by atoms with E-state index in [0.717, 1.165) is 12.8 Å². The fourth-order valence-corrected chi connectivity index (χ4v) is 5.06. The summed E-state index contributed by atoms with van der Waals surface area (Å²) in [7, 11) is -2.12. The van der Waals surface area contributed by atoms with Gasteiger partial charge >= 0.3 is 5.97 Å². The number of benzene rings is 1. The van der Waals surface area contributed by atoms with Crippen molar-refractivity contribution in [3.8, 4) is 0 Å². The molecule has 1 aromatic heterocycles. The van der Waals surface area contributed by atoms with Crippen molar-refractivity contribution in [3.63, 3.8) is 0 Å². The van der Waals surface area contributed by atoms with E-state index < -0.39 is 27.9 Å². The number of anilines is 1. The van der Waals surface area contributed by atoms with Crippen LogP contribution in [0, 0.1) is 5.92 Å². The lowest BCUT2D eigenvalue weighted by molar-refractivity contribution is -0.118. The predicted molar refractivity (Wildman–Crippen MR) is 123 cm³/mol. The predicted octanol–water partition coefficient (Wildman–Crippen LogP) is 2.83. The smallest absolute Gasteiger partial charge is 0.355 e. The quantitative estimate of drug-likeness (QED) is 0.464. The van der Waals surface area contributed by atoms with Crippen molar-refractivity contribution in [2.75, 3.05) is 18.4 Å². The third-order valence-corrected chi connectivity index (χ3v) is 7.37. The average molecular weight is 476 g/mol. The number of sulfonamides is 1. The van der Waals surface area contributed by atoms with Crippen LogP contribution in [0.15, 0.2) is 41.4 Å². The van der Waals surface area contributed by atoms with Gasteiger partial charge in [-0.05, 0) is 50.1 Å². The Morgan fingerprint density at radius 3 is 2.21 bits per heavy atom. The fourth-order valence-electron chi connectivity index (χ4n) is 3.47. The molecule has 178 valence electrons. The maximum Gasteiger partial charge on any atom is 0.355 e. The van der Waals surface area contributed by atoms with Crippen molar-refractivity contribution in [1.82, 2.24) is 8.87 Å². The molecule has 1 aliphatic heterocycles. The van der Waals surface area contributed by atoms with Gasteiger partial charge in [0.1, 0.15) is 10.6 Å². The van der Waals surface area contributed by atoms with Crippen LogP contribution in [0.3, 0.4) is 0 Å². The molecule has 0 spiro atoms. The largest absolute Gasteiger partial charge is 0.450 e. The molecule has 1 unspecified atom stereocenters. The lowest BCUT2D eigenvalue weighted by atomic mass is 10.1. The minimum atomic E-state index is -3.67. The van der Waals surface area contributed by atoms with Gasteiger partial charge in [-0.1, -0.05) is 13.8 Å². The first kappa shape index (κ1) is 24.7. The highest BCUT2D eigenvalue weighted by Crippen LogP contribution is 2.23. The number of carbonyl (C=O) groups excluding carboxylic acids is 3. The van der Waals surface area contributed by atoms with E-state index in [1.807, 2.05) is 0 Å². The van der Waals surface area contributed by atoms with Gasteiger partial charge < -0.3 is 14.6 Å². The van der Waals surface area contributed by atoms with Crippen LogP contribution in [0.25, 0.3) is 0 Å². The molecule has 2 heterocycles. The summed E-state index contributed by atoms with van der Waals surface area (Å²) >= 11 is 0. The molecule has 3 rings (SSSR count). The maximum absolute atomic E-state index is 12.7. The number of esters is 1. The van der Waals surface area contributed by atoms with Gasteiger partial charge in [0.25, 0.3) is 0 Å². The molecule has 0 saturated carbocycles. The van der Waals surface area contributed by atoms with E-state index in [1.54, 1.807) is 45.2 Å². The number of amides is 1.